The first-order chi connectivity index (χ1) is 23.3. The van der Waals surface area contributed by atoms with Crippen molar-refractivity contribution in [2.45, 2.75) is 5.92 Å². The number of hydrogen-bond acceptors (Lipinski definition) is 2. The van der Waals surface area contributed by atoms with Gasteiger partial charge in [-0.05, 0) is 58.5 Å². The van der Waals surface area contributed by atoms with Crippen LogP contribution in [-0.2, 0) is 0 Å². The van der Waals surface area contributed by atoms with Crippen LogP contribution in [0, 0.1) is 0 Å². The number of para-hydroxylation sites is 2. The predicted octanol–water partition coefficient (Wildman–Crippen LogP) is 12.5. The third-order valence-corrected chi connectivity index (χ3v) is 9.34. The van der Waals surface area contributed by atoms with Gasteiger partial charge >= 0.3 is 0 Å². The van der Waals surface area contributed by atoms with Gasteiger partial charge in [0.15, 0.2) is 0 Å². The lowest BCUT2D eigenvalue weighted by Crippen LogP contribution is -2.10. The molecule has 2 nitrogen and oxygen atoms in total. The molecule has 0 aliphatic rings. The molecular formula is C45H31NO. The maximum atomic E-state index is 6.95. The Bertz CT molecular complexity index is 2250. The number of rotatable bonds is 6. The Kier molecular flexibility index (Phi) is 6.57. The first-order valence-corrected chi connectivity index (χ1v) is 16.1. The maximum absolute atomic E-state index is 6.95. The molecule has 0 unspecified atom stereocenters. The van der Waals surface area contributed by atoms with E-state index in [4.69, 9.17) is 4.42 Å². The number of fused-ring (bicyclic) bond motifs is 7. The number of furan rings is 1. The SMILES string of the molecule is c1ccc(C(c2ccccc2)c2cc3c4cc(N(c5ccccc5)c5ccccc5)c5ccccc5c4oc3c3ccccc23)cc1. The van der Waals surface area contributed by atoms with Crippen LogP contribution in [0.3, 0.4) is 0 Å². The molecule has 0 spiro atoms. The van der Waals surface area contributed by atoms with E-state index in [1.807, 2.05) is 0 Å². The van der Waals surface area contributed by atoms with Gasteiger partial charge in [0, 0.05) is 44.2 Å². The minimum atomic E-state index is 0.0571. The van der Waals surface area contributed by atoms with Crippen LogP contribution in [0.5, 0.6) is 0 Å². The Morgan fingerprint density at radius 1 is 0.362 bits per heavy atom. The summed E-state index contributed by atoms with van der Waals surface area (Å²) < 4.78 is 6.95. The van der Waals surface area contributed by atoms with Crippen molar-refractivity contribution in [2.24, 2.45) is 0 Å². The zero-order valence-electron chi connectivity index (χ0n) is 25.8. The molecule has 0 saturated heterocycles. The van der Waals surface area contributed by atoms with Crippen LogP contribution >= 0.6 is 0 Å². The summed E-state index contributed by atoms with van der Waals surface area (Å²) in [6.07, 6.45) is 0. The average Bonchev–Trinajstić information content (AvgIpc) is 3.53. The van der Waals surface area contributed by atoms with Crippen molar-refractivity contribution in [3.8, 4) is 0 Å². The summed E-state index contributed by atoms with van der Waals surface area (Å²) in [6.45, 7) is 0. The van der Waals surface area contributed by atoms with Gasteiger partial charge < -0.3 is 9.32 Å². The third-order valence-electron chi connectivity index (χ3n) is 9.34. The molecule has 9 rings (SSSR count). The minimum Gasteiger partial charge on any atom is -0.455 e. The minimum absolute atomic E-state index is 0.0571. The quantitative estimate of drug-likeness (QED) is 0.176. The standard InChI is InChI=1S/C45H31NO/c1-5-17-31(18-6-1)43(32-19-7-2-8-20-32)39-29-40-41-30-42(46(33-21-9-3-10-22-33)34-23-11-4-12-24-34)36-26-14-16-28-38(36)45(41)47-44(40)37-27-15-13-25-35(37)39/h1-30,43H. The highest BCUT2D eigenvalue weighted by molar-refractivity contribution is 6.23. The van der Waals surface area contributed by atoms with Crippen LogP contribution in [0.25, 0.3) is 43.5 Å². The average molecular weight is 602 g/mol. The molecule has 0 saturated carbocycles. The first kappa shape index (κ1) is 27.2. The van der Waals surface area contributed by atoms with Gasteiger partial charge in [0.1, 0.15) is 11.2 Å². The topological polar surface area (TPSA) is 16.4 Å². The van der Waals surface area contributed by atoms with Crippen molar-refractivity contribution >= 4 is 60.5 Å². The van der Waals surface area contributed by atoms with Crippen molar-refractivity contribution in [2.75, 3.05) is 4.90 Å². The van der Waals surface area contributed by atoms with Crippen molar-refractivity contribution in [1.29, 1.82) is 0 Å². The fraction of sp³-hybridized carbons (Fsp3) is 0.0222. The molecule has 1 aromatic heterocycles. The van der Waals surface area contributed by atoms with Crippen LogP contribution in [0.15, 0.2) is 186 Å². The van der Waals surface area contributed by atoms with Crippen LogP contribution in [0.4, 0.5) is 17.1 Å². The Balaban J connectivity index is 1.40. The van der Waals surface area contributed by atoms with Gasteiger partial charge in [-0.3, -0.25) is 0 Å². The Morgan fingerprint density at radius 3 is 1.30 bits per heavy atom. The van der Waals surface area contributed by atoms with Gasteiger partial charge in [0.05, 0.1) is 5.69 Å². The molecule has 0 aliphatic heterocycles. The van der Waals surface area contributed by atoms with E-state index in [1.165, 1.54) is 22.1 Å². The van der Waals surface area contributed by atoms with Crippen LogP contribution in [0.1, 0.15) is 22.6 Å². The van der Waals surface area contributed by atoms with Gasteiger partial charge in [0.25, 0.3) is 0 Å². The van der Waals surface area contributed by atoms with Gasteiger partial charge in [-0.1, -0.05) is 146 Å². The van der Waals surface area contributed by atoms with Crippen LogP contribution in [0.2, 0.25) is 0 Å². The summed E-state index contributed by atoms with van der Waals surface area (Å²) in [5.41, 5.74) is 8.97. The van der Waals surface area contributed by atoms with E-state index in [-0.39, 0.29) is 5.92 Å². The van der Waals surface area contributed by atoms with Gasteiger partial charge in [-0.25, -0.2) is 0 Å². The lowest BCUT2D eigenvalue weighted by molar-refractivity contribution is 0.676. The second kappa shape index (κ2) is 11.3. The van der Waals surface area contributed by atoms with Crippen LogP contribution in [-0.4, -0.2) is 0 Å². The fourth-order valence-corrected chi connectivity index (χ4v) is 7.28. The molecule has 2 heteroatoms. The van der Waals surface area contributed by atoms with Crippen molar-refractivity contribution in [1.82, 2.24) is 0 Å². The summed E-state index contributed by atoms with van der Waals surface area (Å²) >= 11 is 0. The zero-order valence-corrected chi connectivity index (χ0v) is 25.8. The van der Waals surface area contributed by atoms with E-state index in [0.29, 0.717) is 0 Å². The Labute approximate surface area is 273 Å². The third kappa shape index (κ3) is 4.57. The number of hydrogen-bond donors (Lipinski definition) is 0. The molecular weight excluding hydrogens is 571 g/mol. The van der Waals surface area contributed by atoms with Gasteiger partial charge in [-0.2, -0.15) is 0 Å². The highest BCUT2D eigenvalue weighted by Crippen LogP contribution is 2.47. The molecule has 0 atom stereocenters. The molecule has 1 heterocycles. The van der Waals surface area contributed by atoms with Crippen molar-refractivity contribution in [3.05, 3.63) is 199 Å². The first-order valence-electron chi connectivity index (χ1n) is 16.1. The van der Waals surface area contributed by atoms with E-state index in [0.717, 1.165) is 55.2 Å². The number of nitrogens with zero attached hydrogens (tertiary/aromatic N) is 1. The van der Waals surface area contributed by atoms with Gasteiger partial charge in [0.2, 0.25) is 0 Å². The summed E-state index contributed by atoms with van der Waals surface area (Å²) in [7, 11) is 0. The lowest BCUT2D eigenvalue weighted by atomic mass is 9.82. The molecule has 222 valence electrons. The molecule has 0 radical (unpaired) electrons. The van der Waals surface area contributed by atoms with Crippen LogP contribution < -0.4 is 4.90 Å². The van der Waals surface area contributed by atoms with Crippen molar-refractivity contribution in [3.63, 3.8) is 0 Å². The summed E-state index contributed by atoms with van der Waals surface area (Å²) in [5.74, 6) is 0.0571. The van der Waals surface area contributed by atoms with E-state index in [1.54, 1.807) is 0 Å². The smallest absolute Gasteiger partial charge is 0.143 e. The lowest BCUT2D eigenvalue weighted by Gasteiger charge is -2.27. The molecule has 47 heavy (non-hydrogen) atoms. The fourth-order valence-electron chi connectivity index (χ4n) is 7.28. The molecule has 9 aromatic rings. The molecule has 0 amide bonds. The summed E-state index contributed by atoms with van der Waals surface area (Å²) in [5, 5.41) is 6.80. The molecule has 0 aliphatic carbocycles. The predicted molar refractivity (Wildman–Crippen MR) is 197 cm³/mol. The summed E-state index contributed by atoms with van der Waals surface area (Å²) in [6, 6.07) is 65.0. The number of benzene rings is 8. The molecule has 0 bridgehead atoms. The van der Waals surface area contributed by atoms with E-state index in [9.17, 15) is 0 Å². The highest BCUT2D eigenvalue weighted by atomic mass is 16.3. The zero-order chi connectivity index (χ0) is 31.2. The molecule has 0 fully saturated rings. The largest absolute Gasteiger partial charge is 0.455 e. The number of anilines is 3. The highest BCUT2D eigenvalue weighted by Gasteiger charge is 2.25. The normalized spacial score (nSPS) is 11.6. The molecule has 8 aromatic carbocycles. The maximum Gasteiger partial charge on any atom is 0.143 e. The second-order valence-corrected chi connectivity index (χ2v) is 12.1. The molecule has 0 N–H and O–H groups in total. The van der Waals surface area contributed by atoms with Gasteiger partial charge in [-0.15, -0.1) is 0 Å². The Morgan fingerprint density at radius 2 is 0.766 bits per heavy atom. The Hall–Kier alpha value is -6.12. The van der Waals surface area contributed by atoms with E-state index in [2.05, 4.69) is 187 Å². The summed E-state index contributed by atoms with van der Waals surface area (Å²) in [4.78, 5) is 2.36. The van der Waals surface area contributed by atoms with E-state index >= 15 is 0 Å². The second-order valence-electron chi connectivity index (χ2n) is 12.1. The monoisotopic (exact) mass is 601 g/mol. The van der Waals surface area contributed by atoms with E-state index < -0.39 is 0 Å². The van der Waals surface area contributed by atoms with Crippen molar-refractivity contribution < 1.29 is 4.42 Å².